The third-order valence-electron chi connectivity index (χ3n) is 2.22. The van der Waals surface area contributed by atoms with Crippen LogP contribution in [0.15, 0.2) is 11.4 Å². The quantitative estimate of drug-likeness (QED) is 0.777. The van der Waals surface area contributed by atoms with Gasteiger partial charge in [-0.2, -0.15) is 0 Å². The molecule has 0 radical (unpaired) electrons. The molecule has 6 heteroatoms. The molecule has 1 aliphatic heterocycles. The molecule has 0 atom stereocenters. The van der Waals surface area contributed by atoms with E-state index >= 15 is 0 Å². The molecular formula is C9H12ClIN2OS. The van der Waals surface area contributed by atoms with Gasteiger partial charge in [-0.15, -0.1) is 23.7 Å². The maximum Gasteiger partial charge on any atom is 0.254 e. The zero-order valence-corrected chi connectivity index (χ0v) is 11.8. The number of amides is 1. The van der Waals surface area contributed by atoms with Crippen molar-refractivity contribution in [2.45, 2.75) is 0 Å². The molecular weight excluding hydrogens is 347 g/mol. The first kappa shape index (κ1) is 13.2. The van der Waals surface area contributed by atoms with Gasteiger partial charge in [-0.1, -0.05) is 0 Å². The first-order valence-corrected chi connectivity index (χ1v) is 6.47. The van der Waals surface area contributed by atoms with Crippen LogP contribution >= 0.6 is 46.3 Å². The summed E-state index contributed by atoms with van der Waals surface area (Å²) >= 11 is 3.86. The molecule has 1 saturated heterocycles. The van der Waals surface area contributed by atoms with Gasteiger partial charge >= 0.3 is 0 Å². The van der Waals surface area contributed by atoms with Gasteiger partial charge in [-0.25, -0.2) is 0 Å². The minimum absolute atomic E-state index is 0. The van der Waals surface area contributed by atoms with Crippen LogP contribution < -0.4 is 5.32 Å². The molecule has 2 heterocycles. The highest BCUT2D eigenvalue weighted by Gasteiger charge is 2.18. The molecule has 0 aromatic carbocycles. The van der Waals surface area contributed by atoms with Crippen molar-refractivity contribution in [1.29, 1.82) is 0 Å². The number of nitrogens with one attached hydrogen (secondary N) is 1. The van der Waals surface area contributed by atoms with Crippen LogP contribution in [0.3, 0.4) is 0 Å². The molecule has 1 aliphatic rings. The number of carbonyl (C=O) groups excluding carboxylic acids is 1. The molecule has 1 amide bonds. The van der Waals surface area contributed by atoms with Crippen molar-refractivity contribution in [2.24, 2.45) is 0 Å². The van der Waals surface area contributed by atoms with E-state index in [1.165, 1.54) is 2.88 Å². The molecule has 1 fully saturated rings. The standard InChI is InChI=1S/C9H11IN2OS.ClH/c10-8-5-7(6-14-8)9(13)12-3-1-11-2-4-12;/h5-6,11H,1-4H2;1H. The molecule has 1 N–H and O–H groups in total. The Kier molecular flexibility index (Phi) is 5.31. The Morgan fingerprint density at radius 2 is 2.13 bits per heavy atom. The van der Waals surface area contributed by atoms with Crippen LogP contribution in [0.5, 0.6) is 0 Å². The number of piperazine rings is 1. The molecule has 3 nitrogen and oxygen atoms in total. The molecule has 84 valence electrons. The lowest BCUT2D eigenvalue weighted by molar-refractivity contribution is 0.0736. The average Bonchev–Trinajstić information content (AvgIpc) is 2.65. The van der Waals surface area contributed by atoms with Crippen molar-refractivity contribution in [1.82, 2.24) is 10.2 Å². The van der Waals surface area contributed by atoms with Crippen molar-refractivity contribution in [2.75, 3.05) is 26.2 Å². The van der Waals surface area contributed by atoms with Crippen molar-refractivity contribution in [3.05, 3.63) is 19.9 Å². The third-order valence-corrected chi connectivity index (χ3v) is 4.01. The largest absolute Gasteiger partial charge is 0.336 e. The lowest BCUT2D eigenvalue weighted by Gasteiger charge is -2.27. The molecule has 2 rings (SSSR count). The second-order valence-corrected chi connectivity index (χ2v) is 5.99. The minimum atomic E-state index is 0. The minimum Gasteiger partial charge on any atom is -0.336 e. The van der Waals surface area contributed by atoms with Gasteiger partial charge in [0.25, 0.3) is 5.91 Å². The summed E-state index contributed by atoms with van der Waals surface area (Å²) in [6.45, 7) is 3.47. The molecule has 1 aromatic heterocycles. The van der Waals surface area contributed by atoms with Gasteiger partial charge in [-0.3, -0.25) is 4.79 Å². The summed E-state index contributed by atoms with van der Waals surface area (Å²) in [6, 6.07) is 1.95. The maximum atomic E-state index is 11.9. The fraction of sp³-hybridized carbons (Fsp3) is 0.444. The summed E-state index contributed by atoms with van der Waals surface area (Å²) in [5.74, 6) is 0.172. The van der Waals surface area contributed by atoms with E-state index in [0.717, 1.165) is 31.7 Å². The van der Waals surface area contributed by atoms with E-state index in [1.54, 1.807) is 11.3 Å². The number of rotatable bonds is 1. The topological polar surface area (TPSA) is 32.3 Å². The lowest BCUT2D eigenvalue weighted by Crippen LogP contribution is -2.46. The zero-order chi connectivity index (χ0) is 9.97. The van der Waals surface area contributed by atoms with Crippen molar-refractivity contribution < 1.29 is 4.79 Å². The summed E-state index contributed by atoms with van der Waals surface area (Å²) in [5.41, 5.74) is 0.835. The van der Waals surface area contributed by atoms with Crippen LogP contribution in [0, 0.1) is 2.88 Å². The Labute approximate surface area is 113 Å². The Hall–Kier alpha value is 0.150. The molecule has 0 bridgehead atoms. The Morgan fingerprint density at radius 3 is 2.67 bits per heavy atom. The first-order valence-electron chi connectivity index (χ1n) is 4.51. The summed E-state index contributed by atoms with van der Waals surface area (Å²) in [7, 11) is 0. The molecule has 0 spiro atoms. The second kappa shape index (κ2) is 6.03. The van der Waals surface area contributed by atoms with Gasteiger partial charge in [0, 0.05) is 31.6 Å². The Morgan fingerprint density at radius 1 is 1.47 bits per heavy atom. The normalized spacial score (nSPS) is 15.9. The highest BCUT2D eigenvalue weighted by molar-refractivity contribution is 14.1. The van der Waals surface area contributed by atoms with Gasteiger partial charge < -0.3 is 10.2 Å². The van der Waals surface area contributed by atoms with E-state index in [1.807, 2.05) is 16.3 Å². The van der Waals surface area contributed by atoms with Crippen LogP contribution in [-0.2, 0) is 0 Å². The third kappa shape index (κ3) is 3.30. The maximum absolute atomic E-state index is 11.9. The molecule has 0 unspecified atom stereocenters. The molecule has 0 aliphatic carbocycles. The fourth-order valence-corrected chi connectivity index (χ4v) is 2.79. The van der Waals surface area contributed by atoms with Crippen LogP contribution in [-0.4, -0.2) is 37.0 Å². The number of hydrogen-bond donors (Lipinski definition) is 1. The molecule has 0 saturated carbocycles. The number of hydrogen-bond acceptors (Lipinski definition) is 3. The highest BCUT2D eigenvalue weighted by atomic mass is 127. The van der Waals surface area contributed by atoms with Crippen LogP contribution in [0.1, 0.15) is 10.4 Å². The SMILES string of the molecule is Cl.O=C(c1csc(I)c1)N1CCNCC1. The predicted octanol–water partition coefficient (Wildman–Crippen LogP) is 1.82. The monoisotopic (exact) mass is 358 g/mol. The van der Waals surface area contributed by atoms with Gasteiger partial charge in [-0.05, 0) is 28.7 Å². The number of nitrogens with zero attached hydrogens (tertiary/aromatic N) is 1. The smallest absolute Gasteiger partial charge is 0.254 e. The Bertz CT molecular complexity index is 339. The van der Waals surface area contributed by atoms with Gasteiger partial charge in [0.1, 0.15) is 0 Å². The van der Waals surface area contributed by atoms with Crippen molar-refractivity contribution in [3.8, 4) is 0 Å². The average molecular weight is 359 g/mol. The van der Waals surface area contributed by atoms with E-state index < -0.39 is 0 Å². The highest BCUT2D eigenvalue weighted by Crippen LogP contribution is 2.18. The molecule has 1 aromatic rings. The van der Waals surface area contributed by atoms with Gasteiger partial charge in [0.2, 0.25) is 0 Å². The first-order chi connectivity index (χ1) is 6.77. The summed E-state index contributed by atoms with van der Waals surface area (Å²) < 4.78 is 1.17. The fourth-order valence-electron chi connectivity index (χ4n) is 1.47. The van der Waals surface area contributed by atoms with E-state index in [2.05, 4.69) is 27.9 Å². The van der Waals surface area contributed by atoms with Crippen molar-refractivity contribution in [3.63, 3.8) is 0 Å². The number of carbonyl (C=O) groups is 1. The van der Waals surface area contributed by atoms with E-state index in [0.29, 0.717) is 0 Å². The Balaban J connectivity index is 0.00000112. The second-order valence-electron chi connectivity index (χ2n) is 3.18. The van der Waals surface area contributed by atoms with Gasteiger partial charge in [0.15, 0.2) is 0 Å². The van der Waals surface area contributed by atoms with Crippen molar-refractivity contribution >= 4 is 52.2 Å². The zero-order valence-electron chi connectivity index (χ0n) is 8.03. The van der Waals surface area contributed by atoms with Gasteiger partial charge in [0.05, 0.1) is 8.45 Å². The van der Waals surface area contributed by atoms with E-state index in [4.69, 9.17) is 0 Å². The molecule has 15 heavy (non-hydrogen) atoms. The summed E-state index contributed by atoms with van der Waals surface area (Å²) in [4.78, 5) is 13.8. The number of halogens is 2. The number of thiophene rings is 1. The summed E-state index contributed by atoms with van der Waals surface area (Å²) in [6.07, 6.45) is 0. The van der Waals surface area contributed by atoms with Crippen LogP contribution in [0.25, 0.3) is 0 Å². The summed E-state index contributed by atoms with van der Waals surface area (Å²) in [5, 5.41) is 5.17. The van der Waals surface area contributed by atoms with Crippen LogP contribution in [0.4, 0.5) is 0 Å². The predicted molar refractivity (Wildman–Crippen MR) is 73.1 cm³/mol. The lowest BCUT2D eigenvalue weighted by atomic mass is 10.2. The van der Waals surface area contributed by atoms with Crippen LogP contribution in [0.2, 0.25) is 0 Å². The van der Waals surface area contributed by atoms with E-state index in [9.17, 15) is 4.79 Å². The van der Waals surface area contributed by atoms with E-state index in [-0.39, 0.29) is 18.3 Å².